The van der Waals surface area contributed by atoms with Crippen molar-refractivity contribution in [1.29, 1.82) is 0 Å². The number of ketones is 1. The third kappa shape index (κ3) is 6.23. The third-order valence-electron chi connectivity index (χ3n) is 1.58. The van der Waals surface area contributed by atoms with Crippen LogP contribution in [0.3, 0.4) is 0 Å². The average molecular weight is 266 g/mol. The number of ether oxygens (including phenoxy) is 1. The molecule has 0 rings (SSSR count). The number of rotatable bonds is 9. The lowest BCUT2D eigenvalue weighted by atomic mass is 10.1. The number of carbonyl (C=O) groups excluding carboxylic acids is 2. The first kappa shape index (κ1) is 13.7. The number of unbranched alkanes of at least 4 members (excludes halogenated alkanes) is 1. The summed E-state index contributed by atoms with van der Waals surface area (Å²) in [6, 6.07) is 0. The lowest BCUT2D eigenvalue weighted by molar-refractivity contribution is -0.127. The molecule has 0 aliphatic heterocycles. The molecule has 1 N–H and O–H groups in total. The van der Waals surface area contributed by atoms with E-state index in [0.717, 1.165) is 18.2 Å². The van der Waals surface area contributed by atoms with Crippen molar-refractivity contribution in [2.75, 3.05) is 18.5 Å². The molecule has 0 saturated carbocycles. The van der Waals surface area contributed by atoms with Gasteiger partial charge in [-0.1, -0.05) is 15.9 Å². The second-order valence-electron chi connectivity index (χ2n) is 2.70. The Kier molecular flexibility index (Phi) is 9.13. The summed E-state index contributed by atoms with van der Waals surface area (Å²) in [5.41, 5.74) is 0. The van der Waals surface area contributed by atoms with Crippen molar-refractivity contribution in [3.8, 4) is 0 Å². The Balaban J connectivity index is 3.73. The van der Waals surface area contributed by atoms with E-state index in [2.05, 4.69) is 15.9 Å². The molecule has 0 spiro atoms. The fourth-order valence-corrected chi connectivity index (χ4v) is 1.28. The predicted molar refractivity (Wildman–Crippen MR) is 55.2 cm³/mol. The Bertz CT molecular complexity index is 172. The fraction of sp³-hybridized carbons (Fsp3) is 0.778. The minimum absolute atomic E-state index is 0.00983. The highest BCUT2D eigenvalue weighted by molar-refractivity contribution is 9.09. The maximum absolute atomic E-state index is 11.3. The number of alkyl halides is 1. The molecule has 81 valence electrons. The molecular formula is C9H14BrO4. The molecular weight excluding hydrogens is 252 g/mol. The largest absolute Gasteiger partial charge is 0.394 e. The van der Waals surface area contributed by atoms with Crippen molar-refractivity contribution in [2.45, 2.75) is 25.4 Å². The maximum atomic E-state index is 11.3. The van der Waals surface area contributed by atoms with E-state index in [1.54, 1.807) is 0 Å². The van der Waals surface area contributed by atoms with Gasteiger partial charge in [0, 0.05) is 11.8 Å². The van der Waals surface area contributed by atoms with Gasteiger partial charge in [-0.3, -0.25) is 9.59 Å². The van der Waals surface area contributed by atoms with Crippen molar-refractivity contribution < 1.29 is 19.4 Å². The molecule has 1 radical (unpaired) electrons. The van der Waals surface area contributed by atoms with Crippen LogP contribution >= 0.6 is 15.9 Å². The number of hydrogen-bond donors (Lipinski definition) is 1. The van der Waals surface area contributed by atoms with Crippen LogP contribution in [0.1, 0.15) is 19.3 Å². The van der Waals surface area contributed by atoms with E-state index in [-0.39, 0.29) is 19.0 Å². The van der Waals surface area contributed by atoms with E-state index >= 15 is 0 Å². The van der Waals surface area contributed by atoms with Crippen LogP contribution in [0, 0.1) is 0 Å². The Morgan fingerprint density at radius 3 is 2.71 bits per heavy atom. The molecule has 5 heteroatoms. The smallest absolute Gasteiger partial charge is 0.237 e. The molecule has 4 nitrogen and oxygen atoms in total. The molecule has 0 aromatic carbocycles. The van der Waals surface area contributed by atoms with Gasteiger partial charge in [0.1, 0.15) is 0 Å². The molecule has 1 atom stereocenters. The Labute approximate surface area is 91.8 Å². The van der Waals surface area contributed by atoms with Crippen LogP contribution in [0.5, 0.6) is 0 Å². The van der Waals surface area contributed by atoms with E-state index in [4.69, 9.17) is 9.84 Å². The SMILES string of the molecule is O=[C]C(OCCO)C(=O)CCCCBr. The number of aliphatic hydroxyl groups is 1. The summed E-state index contributed by atoms with van der Waals surface area (Å²) in [5.74, 6) is -0.269. The zero-order valence-corrected chi connectivity index (χ0v) is 9.46. The first-order valence-corrected chi connectivity index (χ1v) is 5.57. The lowest BCUT2D eigenvalue weighted by Gasteiger charge is -2.08. The standard InChI is InChI=1S/C9H14BrO4/c10-4-2-1-3-8(13)9(7-12)14-6-5-11/h9,11H,1-6H2. The van der Waals surface area contributed by atoms with Gasteiger partial charge < -0.3 is 9.84 Å². The molecule has 0 bridgehead atoms. The normalized spacial score (nSPS) is 12.4. The quantitative estimate of drug-likeness (QED) is 0.377. The minimum Gasteiger partial charge on any atom is -0.394 e. The number of Topliss-reactive ketones (excluding diaryl/α,β-unsaturated/α-hetero) is 1. The van der Waals surface area contributed by atoms with Crippen LogP contribution in [0.25, 0.3) is 0 Å². The van der Waals surface area contributed by atoms with E-state index in [9.17, 15) is 9.59 Å². The summed E-state index contributed by atoms with van der Waals surface area (Å²) in [4.78, 5) is 21.6. The first-order chi connectivity index (χ1) is 6.76. The average Bonchev–Trinajstić information content (AvgIpc) is 2.19. The highest BCUT2D eigenvalue weighted by Crippen LogP contribution is 2.03. The van der Waals surface area contributed by atoms with Gasteiger partial charge in [0.25, 0.3) is 0 Å². The van der Waals surface area contributed by atoms with Crippen molar-refractivity contribution in [2.24, 2.45) is 0 Å². The molecule has 0 aromatic rings. The monoisotopic (exact) mass is 265 g/mol. The molecule has 0 aromatic heterocycles. The van der Waals surface area contributed by atoms with Crippen molar-refractivity contribution >= 4 is 28.0 Å². The van der Waals surface area contributed by atoms with Crippen LogP contribution in [0.4, 0.5) is 0 Å². The molecule has 0 aliphatic rings. The van der Waals surface area contributed by atoms with Crippen LogP contribution in [0.2, 0.25) is 0 Å². The van der Waals surface area contributed by atoms with E-state index in [1.807, 2.05) is 0 Å². The third-order valence-corrected chi connectivity index (χ3v) is 2.14. The second-order valence-corrected chi connectivity index (χ2v) is 3.50. The molecule has 0 heterocycles. The number of hydrogen-bond acceptors (Lipinski definition) is 4. The summed E-state index contributed by atoms with van der Waals surface area (Å²) < 4.78 is 4.80. The van der Waals surface area contributed by atoms with Gasteiger partial charge in [-0.2, -0.15) is 0 Å². The molecule has 0 aliphatic carbocycles. The summed E-state index contributed by atoms with van der Waals surface area (Å²) in [5, 5.41) is 9.27. The van der Waals surface area contributed by atoms with Gasteiger partial charge in [0.05, 0.1) is 13.2 Å². The van der Waals surface area contributed by atoms with Crippen molar-refractivity contribution in [3.63, 3.8) is 0 Å². The van der Waals surface area contributed by atoms with E-state index in [1.165, 1.54) is 6.29 Å². The van der Waals surface area contributed by atoms with Crippen molar-refractivity contribution in [3.05, 3.63) is 0 Å². The fourth-order valence-electron chi connectivity index (χ4n) is 0.888. The predicted octanol–water partition coefficient (Wildman–Crippen LogP) is 0.608. The van der Waals surface area contributed by atoms with Crippen LogP contribution in [-0.4, -0.2) is 41.8 Å². The lowest BCUT2D eigenvalue weighted by Crippen LogP contribution is -2.26. The van der Waals surface area contributed by atoms with Gasteiger partial charge >= 0.3 is 0 Å². The highest BCUT2D eigenvalue weighted by Gasteiger charge is 2.17. The van der Waals surface area contributed by atoms with Gasteiger partial charge in [-0.15, -0.1) is 0 Å². The van der Waals surface area contributed by atoms with Crippen LogP contribution in [0.15, 0.2) is 0 Å². The first-order valence-electron chi connectivity index (χ1n) is 4.45. The van der Waals surface area contributed by atoms with E-state index in [0.29, 0.717) is 6.42 Å². The minimum atomic E-state index is -1.13. The summed E-state index contributed by atoms with van der Waals surface area (Å²) in [6.45, 7) is -0.211. The number of carbonyl (C=O) groups is 1. The van der Waals surface area contributed by atoms with E-state index < -0.39 is 6.10 Å². The zero-order chi connectivity index (χ0) is 10.8. The Morgan fingerprint density at radius 2 is 2.21 bits per heavy atom. The second kappa shape index (κ2) is 9.30. The Hall–Kier alpha value is -0.260. The van der Waals surface area contributed by atoms with Crippen LogP contribution in [-0.2, 0) is 14.3 Å². The number of halogens is 1. The molecule has 0 saturated heterocycles. The summed E-state index contributed by atoms with van der Waals surface area (Å²) in [7, 11) is 0. The van der Waals surface area contributed by atoms with Crippen LogP contribution < -0.4 is 0 Å². The van der Waals surface area contributed by atoms with Gasteiger partial charge in [-0.05, 0) is 12.8 Å². The van der Waals surface area contributed by atoms with Crippen molar-refractivity contribution in [1.82, 2.24) is 0 Å². The summed E-state index contributed by atoms with van der Waals surface area (Å²) >= 11 is 3.24. The molecule has 0 amide bonds. The van der Waals surface area contributed by atoms with Gasteiger partial charge in [-0.25, -0.2) is 0 Å². The Morgan fingerprint density at radius 1 is 1.50 bits per heavy atom. The topological polar surface area (TPSA) is 63.6 Å². The highest BCUT2D eigenvalue weighted by atomic mass is 79.9. The number of aliphatic hydroxyl groups excluding tert-OH is 1. The molecule has 14 heavy (non-hydrogen) atoms. The molecule has 0 fully saturated rings. The molecule has 1 unspecified atom stereocenters. The zero-order valence-electron chi connectivity index (χ0n) is 7.87. The summed E-state index contributed by atoms with van der Waals surface area (Å²) in [6.07, 6.45) is 2.32. The maximum Gasteiger partial charge on any atom is 0.237 e. The van der Waals surface area contributed by atoms with Gasteiger partial charge in [0.15, 0.2) is 11.9 Å². The van der Waals surface area contributed by atoms with Gasteiger partial charge in [0.2, 0.25) is 6.29 Å².